The van der Waals surface area contributed by atoms with Gasteiger partial charge in [0.05, 0.1) is 24.7 Å². The number of hydrogen-bond acceptors (Lipinski definition) is 6. The summed E-state index contributed by atoms with van der Waals surface area (Å²) in [5.41, 5.74) is 3.15. The van der Waals surface area contributed by atoms with Crippen molar-refractivity contribution in [1.82, 2.24) is 4.72 Å². The highest BCUT2D eigenvalue weighted by atomic mass is 32.2. The highest BCUT2D eigenvalue weighted by molar-refractivity contribution is 7.89. The van der Waals surface area contributed by atoms with E-state index in [-0.39, 0.29) is 4.90 Å². The molecule has 0 bridgehead atoms. The van der Waals surface area contributed by atoms with E-state index in [1.54, 1.807) is 50.6 Å². The fourth-order valence-electron chi connectivity index (χ4n) is 4.40. The van der Waals surface area contributed by atoms with Crippen LogP contribution in [0, 0.1) is 0 Å². The summed E-state index contributed by atoms with van der Waals surface area (Å²) in [6.07, 6.45) is 2.07. The molecular formula is C26H27NO7S. The largest absolute Gasteiger partial charge is 0.496 e. The molecule has 0 aromatic heterocycles. The molecule has 0 fully saturated rings. The van der Waals surface area contributed by atoms with E-state index in [2.05, 4.69) is 4.72 Å². The number of hydrogen-bond donors (Lipinski definition) is 2. The first-order valence-electron chi connectivity index (χ1n) is 11.1. The van der Waals surface area contributed by atoms with Gasteiger partial charge in [-0.15, -0.1) is 0 Å². The average Bonchev–Trinajstić information content (AvgIpc) is 2.87. The highest BCUT2D eigenvalue weighted by Crippen LogP contribution is 2.39. The van der Waals surface area contributed by atoms with Crippen molar-refractivity contribution in [2.75, 3.05) is 20.8 Å². The van der Waals surface area contributed by atoms with Crippen LogP contribution in [0.25, 0.3) is 11.1 Å². The van der Waals surface area contributed by atoms with Crippen molar-refractivity contribution in [2.45, 2.75) is 30.2 Å². The smallest absolute Gasteiger partial charge is 0.341 e. The molecule has 0 spiro atoms. The Hall–Kier alpha value is -3.56. The van der Waals surface area contributed by atoms with Crippen molar-refractivity contribution in [3.8, 4) is 28.4 Å². The lowest BCUT2D eigenvalue weighted by atomic mass is 9.87. The van der Waals surface area contributed by atoms with E-state index < -0.39 is 28.6 Å². The van der Waals surface area contributed by atoms with E-state index in [0.29, 0.717) is 30.1 Å². The fourth-order valence-corrected chi connectivity index (χ4v) is 5.65. The lowest BCUT2D eigenvalue weighted by Gasteiger charge is -2.27. The zero-order valence-electron chi connectivity index (χ0n) is 19.5. The number of fused-ring (bicyclic) bond motifs is 1. The molecule has 1 aliphatic carbocycles. The van der Waals surface area contributed by atoms with Crippen LogP contribution < -0.4 is 18.9 Å². The minimum absolute atomic E-state index is 0.139. The van der Waals surface area contributed by atoms with Gasteiger partial charge in [-0.3, -0.25) is 0 Å². The molecule has 35 heavy (non-hydrogen) atoms. The Morgan fingerprint density at radius 3 is 2.23 bits per heavy atom. The summed E-state index contributed by atoms with van der Waals surface area (Å²) < 4.78 is 45.6. The summed E-state index contributed by atoms with van der Waals surface area (Å²) in [6.45, 7) is -0.448. The second-order valence-electron chi connectivity index (χ2n) is 8.13. The second kappa shape index (κ2) is 10.4. The summed E-state index contributed by atoms with van der Waals surface area (Å²) in [4.78, 5) is 11.0. The Morgan fingerprint density at radius 1 is 0.971 bits per heavy atom. The molecule has 0 radical (unpaired) electrons. The van der Waals surface area contributed by atoms with E-state index >= 15 is 0 Å². The molecule has 184 valence electrons. The zero-order valence-corrected chi connectivity index (χ0v) is 20.3. The van der Waals surface area contributed by atoms with Gasteiger partial charge in [0.15, 0.2) is 6.61 Å². The number of aliphatic carboxylic acids is 1. The molecule has 1 atom stereocenters. The third-order valence-electron chi connectivity index (χ3n) is 5.99. The summed E-state index contributed by atoms with van der Waals surface area (Å²) in [6, 6.07) is 16.9. The topological polar surface area (TPSA) is 111 Å². The van der Waals surface area contributed by atoms with Gasteiger partial charge in [0.2, 0.25) is 10.0 Å². The Balaban J connectivity index is 1.59. The van der Waals surface area contributed by atoms with Crippen LogP contribution in [0.4, 0.5) is 0 Å². The molecule has 8 nitrogen and oxygen atoms in total. The number of nitrogens with one attached hydrogen (secondary N) is 1. The van der Waals surface area contributed by atoms with Gasteiger partial charge in [-0.25, -0.2) is 17.9 Å². The van der Waals surface area contributed by atoms with Crippen LogP contribution in [-0.2, 0) is 21.2 Å². The number of rotatable bonds is 9. The van der Waals surface area contributed by atoms with Crippen molar-refractivity contribution in [3.05, 3.63) is 71.8 Å². The SMILES string of the molecule is COc1cccc(OC)c1-c1ccc(S(=O)(=O)N[C@@H]2CCCc3c(OCC(=O)O)cccc32)cc1. The van der Waals surface area contributed by atoms with Gasteiger partial charge >= 0.3 is 5.97 Å². The maximum Gasteiger partial charge on any atom is 0.341 e. The fraction of sp³-hybridized carbons (Fsp3) is 0.269. The van der Waals surface area contributed by atoms with Gasteiger partial charge in [0, 0.05) is 6.04 Å². The number of benzene rings is 3. The van der Waals surface area contributed by atoms with Gasteiger partial charge in [0.1, 0.15) is 17.2 Å². The lowest BCUT2D eigenvalue weighted by molar-refractivity contribution is -0.139. The first kappa shape index (κ1) is 24.6. The second-order valence-corrected chi connectivity index (χ2v) is 9.85. The quantitative estimate of drug-likeness (QED) is 0.456. The van der Waals surface area contributed by atoms with Crippen LogP contribution in [0.3, 0.4) is 0 Å². The number of sulfonamides is 1. The molecule has 3 aromatic carbocycles. The lowest BCUT2D eigenvalue weighted by Crippen LogP contribution is -2.31. The molecule has 0 saturated carbocycles. The average molecular weight is 498 g/mol. The molecule has 4 rings (SSSR count). The highest BCUT2D eigenvalue weighted by Gasteiger charge is 2.28. The number of carboxylic acid groups (broad SMARTS) is 1. The van der Waals surface area contributed by atoms with Gasteiger partial charge in [-0.2, -0.15) is 0 Å². The summed E-state index contributed by atoms with van der Waals surface area (Å²) >= 11 is 0. The Kier molecular flexibility index (Phi) is 7.28. The molecular weight excluding hydrogens is 470 g/mol. The summed E-state index contributed by atoms with van der Waals surface area (Å²) in [5.74, 6) is 0.657. The van der Waals surface area contributed by atoms with Gasteiger partial charge in [0.25, 0.3) is 0 Å². The predicted octanol–water partition coefficient (Wildman–Crippen LogP) is 4.19. The first-order chi connectivity index (χ1) is 16.8. The Morgan fingerprint density at radius 2 is 1.60 bits per heavy atom. The molecule has 0 unspecified atom stereocenters. The molecule has 0 heterocycles. The molecule has 0 saturated heterocycles. The Labute approximate surface area is 204 Å². The van der Waals surface area contributed by atoms with E-state index in [9.17, 15) is 13.2 Å². The van der Waals surface area contributed by atoms with Crippen LogP contribution in [-0.4, -0.2) is 40.3 Å². The van der Waals surface area contributed by atoms with Gasteiger partial charge < -0.3 is 19.3 Å². The van der Waals surface area contributed by atoms with Crippen LogP contribution in [0.15, 0.2) is 65.6 Å². The minimum Gasteiger partial charge on any atom is -0.496 e. The first-order valence-corrected chi connectivity index (χ1v) is 12.6. The van der Waals surface area contributed by atoms with Crippen molar-refractivity contribution < 1.29 is 32.5 Å². The number of methoxy groups -OCH3 is 2. The van der Waals surface area contributed by atoms with Crippen LogP contribution >= 0.6 is 0 Å². The number of ether oxygens (including phenoxy) is 3. The maximum absolute atomic E-state index is 13.2. The molecule has 3 aromatic rings. The number of carbonyl (C=O) groups is 1. The molecule has 2 N–H and O–H groups in total. The number of carboxylic acids is 1. The summed E-state index contributed by atoms with van der Waals surface area (Å²) in [7, 11) is -0.678. The van der Waals surface area contributed by atoms with E-state index in [4.69, 9.17) is 19.3 Å². The molecule has 1 aliphatic rings. The Bertz CT molecular complexity index is 1300. The maximum atomic E-state index is 13.2. The predicted molar refractivity (Wildman–Crippen MR) is 131 cm³/mol. The third-order valence-corrected chi connectivity index (χ3v) is 7.48. The van der Waals surface area contributed by atoms with Crippen molar-refractivity contribution in [1.29, 1.82) is 0 Å². The molecule has 9 heteroatoms. The van der Waals surface area contributed by atoms with Crippen LogP contribution in [0.2, 0.25) is 0 Å². The van der Waals surface area contributed by atoms with E-state index in [1.807, 2.05) is 24.3 Å². The monoisotopic (exact) mass is 497 g/mol. The van der Waals surface area contributed by atoms with Gasteiger partial charge in [-0.1, -0.05) is 30.3 Å². The van der Waals surface area contributed by atoms with E-state index in [0.717, 1.165) is 28.7 Å². The molecule has 0 aliphatic heterocycles. The normalized spacial score (nSPS) is 15.2. The van der Waals surface area contributed by atoms with Gasteiger partial charge in [-0.05, 0) is 66.3 Å². The van der Waals surface area contributed by atoms with Crippen molar-refractivity contribution >= 4 is 16.0 Å². The molecule has 0 amide bonds. The zero-order chi connectivity index (χ0) is 25.0. The van der Waals surface area contributed by atoms with Crippen molar-refractivity contribution in [3.63, 3.8) is 0 Å². The van der Waals surface area contributed by atoms with Crippen LogP contribution in [0.5, 0.6) is 17.2 Å². The summed E-state index contributed by atoms with van der Waals surface area (Å²) in [5, 5.41) is 8.93. The van der Waals surface area contributed by atoms with Crippen LogP contribution in [0.1, 0.15) is 30.0 Å². The van der Waals surface area contributed by atoms with E-state index in [1.165, 1.54) is 0 Å². The minimum atomic E-state index is -3.82. The third kappa shape index (κ3) is 5.26. The van der Waals surface area contributed by atoms with Crippen molar-refractivity contribution in [2.24, 2.45) is 0 Å². The standard InChI is InChI=1S/C26H27NO7S/c1-32-23-10-5-11-24(33-2)26(23)17-12-14-18(15-13-17)35(30,31)27-21-8-3-7-20-19(21)6-4-9-22(20)34-16-25(28)29/h4-6,9-15,21,27H,3,7-8,16H2,1-2H3,(H,28,29)/t21-/m1/s1.